The number of aliphatic hydroxyl groups is 1. The van der Waals surface area contributed by atoms with Crippen molar-refractivity contribution in [2.75, 3.05) is 19.1 Å². The van der Waals surface area contributed by atoms with Crippen LogP contribution in [0, 0.1) is 10.8 Å². The van der Waals surface area contributed by atoms with E-state index in [9.17, 15) is 15.3 Å². The lowest BCUT2D eigenvalue weighted by Gasteiger charge is -2.45. The van der Waals surface area contributed by atoms with Gasteiger partial charge in [0, 0.05) is 34.4 Å². The van der Waals surface area contributed by atoms with E-state index in [4.69, 9.17) is 21.1 Å². The number of nitrogens with one attached hydrogen (secondary N) is 1. The van der Waals surface area contributed by atoms with Gasteiger partial charge in [0.15, 0.2) is 17.3 Å². The Morgan fingerprint density at radius 1 is 0.974 bits per heavy atom. The molecule has 39 heavy (non-hydrogen) atoms. The second kappa shape index (κ2) is 10.3. The van der Waals surface area contributed by atoms with Crippen LogP contribution in [-0.4, -0.2) is 30.9 Å². The van der Waals surface area contributed by atoms with E-state index in [0.717, 1.165) is 0 Å². The topological polar surface area (TPSA) is 82.9 Å². The van der Waals surface area contributed by atoms with Crippen molar-refractivity contribution in [3.05, 3.63) is 106 Å². The molecule has 0 aromatic heterocycles. The molecular formula is C32H31ClN2O4. The number of nitrogens with zero attached hydrogens (tertiary/aromatic N) is 1. The van der Waals surface area contributed by atoms with Gasteiger partial charge in [0.2, 0.25) is 0 Å². The Morgan fingerprint density at radius 3 is 2.33 bits per heavy atom. The smallest absolute Gasteiger partial charge is 0.164 e. The first kappa shape index (κ1) is 26.6. The SMILES string of the molecule is COc1cccc(C2C3=C(CC(C)(C)CC3=O)N(c3ccccc3Cl)C(=N)/C2=C(/O)c2ccccc2)c1OC. The molecule has 1 aliphatic carbocycles. The molecule has 0 spiro atoms. The van der Waals surface area contributed by atoms with Gasteiger partial charge >= 0.3 is 0 Å². The molecule has 1 unspecified atom stereocenters. The lowest BCUT2D eigenvalue weighted by Crippen LogP contribution is -2.45. The number of carbonyl (C=O) groups excluding carboxylic acids is 1. The van der Waals surface area contributed by atoms with Gasteiger partial charge in [-0.15, -0.1) is 0 Å². The Morgan fingerprint density at radius 2 is 1.67 bits per heavy atom. The summed E-state index contributed by atoms with van der Waals surface area (Å²) in [6, 6.07) is 21.8. The highest BCUT2D eigenvalue weighted by molar-refractivity contribution is 6.34. The summed E-state index contributed by atoms with van der Waals surface area (Å²) in [5, 5.41) is 21.8. The van der Waals surface area contributed by atoms with Crippen LogP contribution < -0.4 is 14.4 Å². The van der Waals surface area contributed by atoms with E-state index in [2.05, 4.69) is 13.8 Å². The van der Waals surface area contributed by atoms with Gasteiger partial charge in [0.25, 0.3) is 0 Å². The third-order valence-corrected chi connectivity index (χ3v) is 7.68. The molecule has 0 saturated carbocycles. The third-order valence-electron chi connectivity index (χ3n) is 7.36. The minimum atomic E-state index is -0.764. The first-order chi connectivity index (χ1) is 18.7. The standard InChI is InChI=1S/C32H31ClN2O4/c1-32(2)17-23-27(24(36)18-32)26(20-13-10-16-25(38-3)30(20)39-4)28(29(37)19-11-6-5-7-12-19)31(34)35(23)22-15-9-8-14-21(22)33/h5-16,26,34,37H,17-18H2,1-4H3/b29-28+,34-31?. The van der Waals surface area contributed by atoms with E-state index in [-0.39, 0.29) is 22.8 Å². The number of carbonyl (C=O) groups is 1. The van der Waals surface area contributed by atoms with Crippen LogP contribution in [0.25, 0.3) is 5.76 Å². The number of methoxy groups -OCH3 is 2. The zero-order valence-corrected chi connectivity index (χ0v) is 23.2. The number of benzene rings is 3. The lowest BCUT2D eigenvalue weighted by atomic mass is 9.67. The molecule has 2 aliphatic rings. The first-order valence-electron chi connectivity index (χ1n) is 12.8. The first-order valence-corrected chi connectivity index (χ1v) is 13.2. The molecule has 1 aliphatic heterocycles. The van der Waals surface area contributed by atoms with Crippen LogP contribution in [-0.2, 0) is 4.79 Å². The number of hydrogen-bond acceptors (Lipinski definition) is 5. The van der Waals surface area contributed by atoms with E-state index in [1.165, 1.54) is 0 Å². The highest BCUT2D eigenvalue weighted by Gasteiger charge is 2.48. The zero-order chi connectivity index (χ0) is 27.9. The predicted octanol–water partition coefficient (Wildman–Crippen LogP) is 7.55. The molecular weight excluding hydrogens is 512 g/mol. The quantitative estimate of drug-likeness (QED) is 0.325. The molecule has 1 heterocycles. The number of aliphatic hydroxyl groups excluding tert-OH is 1. The molecule has 7 heteroatoms. The van der Waals surface area contributed by atoms with Gasteiger partial charge in [-0.25, -0.2) is 0 Å². The van der Waals surface area contributed by atoms with Crippen LogP contribution in [0.4, 0.5) is 5.69 Å². The molecule has 0 bridgehead atoms. The Balaban J connectivity index is 1.92. The summed E-state index contributed by atoms with van der Waals surface area (Å²) in [5.41, 5.74) is 2.94. The normalized spacial score (nSPS) is 20.0. The summed E-state index contributed by atoms with van der Waals surface area (Å²) < 4.78 is 11.4. The number of Topliss-reactive ketones (excluding diaryl/α,β-unsaturated/α-hetero) is 1. The van der Waals surface area contributed by atoms with E-state index >= 15 is 0 Å². The number of amidine groups is 1. The fourth-order valence-corrected chi connectivity index (χ4v) is 5.94. The van der Waals surface area contributed by atoms with Crippen molar-refractivity contribution in [1.29, 1.82) is 5.41 Å². The summed E-state index contributed by atoms with van der Waals surface area (Å²) in [5.74, 6) is 0.102. The van der Waals surface area contributed by atoms with Crippen LogP contribution in [0.15, 0.2) is 89.6 Å². The maximum absolute atomic E-state index is 14.1. The molecule has 6 nitrogen and oxygen atoms in total. The second-order valence-corrected chi connectivity index (χ2v) is 11.0. The fourth-order valence-electron chi connectivity index (χ4n) is 5.72. The number of allylic oxidation sites excluding steroid dienone is 2. The zero-order valence-electron chi connectivity index (χ0n) is 22.4. The van der Waals surface area contributed by atoms with Gasteiger partial charge in [-0.2, -0.15) is 0 Å². The highest BCUT2D eigenvalue weighted by atomic mass is 35.5. The summed E-state index contributed by atoms with van der Waals surface area (Å²) >= 11 is 6.69. The fraction of sp³-hybridized carbons (Fsp3) is 0.250. The Labute approximate surface area is 233 Å². The van der Waals surface area contributed by atoms with E-state index in [1.807, 2.05) is 48.5 Å². The van der Waals surface area contributed by atoms with Crippen LogP contribution in [0.1, 0.15) is 43.7 Å². The second-order valence-electron chi connectivity index (χ2n) is 10.6. The van der Waals surface area contributed by atoms with E-state index < -0.39 is 5.92 Å². The maximum Gasteiger partial charge on any atom is 0.164 e. The number of ether oxygens (including phenoxy) is 2. The van der Waals surface area contributed by atoms with Gasteiger partial charge in [-0.1, -0.05) is 80.0 Å². The Hall–Kier alpha value is -4.03. The molecule has 0 fully saturated rings. The summed E-state index contributed by atoms with van der Waals surface area (Å²) in [7, 11) is 3.11. The number of hydrogen-bond donors (Lipinski definition) is 2. The minimum absolute atomic E-state index is 0.0426. The van der Waals surface area contributed by atoms with Gasteiger partial charge in [0.1, 0.15) is 11.6 Å². The van der Waals surface area contributed by atoms with Gasteiger partial charge < -0.3 is 14.6 Å². The minimum Gasteiger partial charge on any atom is -0.507 e. The number of para-hydroxylation sites is 2. The molecule has 1 atom stereocenters. The van der Waals surface area contributed by atoms with Gasteiger partial charge in [-0.3, -0.25) is 15.1 Å². The van der Waals surface area contributed by atoms with Crippen LogP contribution >= 0.6 is 11.6 Å². The molecule has 0 saturated heterocycles. The summed E-state index contributed by atoms with van der Waals surface area (Å²) in [4.78, 5) is 15.8. The van der Waals surface area contributed by atoms with Crippen molar-refractivity contribution in [2.24, 2.45) is 5.41 Å². The van der Waals surface area contributed by atoms with Crippen LogP contribution in [0.3, 0.4) is 0 Å². The van der Waals surface area contributed by atoms with Crippen molar-refractivity contribution in [3.63, 3.8) is 0 Å². The van der Waals surface area contributed by atoms with E-state index in [1.54, 1.807) is 43.4 Å². The Kier molecular flexibility index (Phi) is 7.00. The van der Waals surface area contributed by atoms with Crippen molar-refractivity contribution in [3.8, 4) is 11.5 Å². The number of ketones is 1. The monoisotopic (exact) mass is 542 g/mol. The number of anilines is 1. The molecule has 2 N–H and O–H groups in total. The third kappa shape index (κ3) is 4.59. The summed E-state index contributed by atoms with van der Waals surface area (Å²) in [6.45, 7) is 4.11. The molecule has 200 valence electrons. The average Bonchev–Trinajstić information content (AvgIpc) is 2.92. The predicted molar refractivity (Wildman–Crippen MR) is 155 cm³/mol. The molecule has 0 radical (unpaired) electrons. The van der Waals surface area contributed by atoms with Crippen molar-refractivity contribution in [1.82, 2.24) is 0 Å². The van der Waals surface area contributed by atoms with Gasteiger partial charge in [-0.05, 0) is 30.0 Å². The highest BCUT2D eigenvalue weighted by Crippen LogP contribution is 2.54. The number of halogens is 1. The van der Waals surface area contributed by atoms with Crippen LogP contribution in [0.2, 0.25) is 5.02 Å². The van der Waals surface area contributed by atoms with Crippen molar-refractivity contribution in [2.45, 2.75) is 32.6 Å². The molecule has 3 aromatic rings. The van der Waals surface area contributed by atoms with Crippen molar-refractivity contribution >= 4 is 34.7 Å². The molecule has 3 aromatic carbocycles. The molecule has 5 rings (SSSR count). The largest absolute Gasteiger partial charge is 0.507 e. The molecule has 0 amide bonds. The lowest BCUT2D eigenvalue weighted by molar-refractivity contribution is -0.118. The van der Waals surface area contributed by atoms with Crippen LogP contribution in [0.5, 0.6) is 11.5 Å². The maximum atomic E-state index is 14.1. The number of rotatable bonds is 5. The van der Waals surface area contributed by atoms with Gasteiger partial charge in [0.05, 0.1) is 30.8 Å². The van der Waals surface area contributed by atoms with E-state index in [0.29, 0.717) is 63.0 Å². The summed E-state index contributed by atoms with van der Waals surface area (Å²) in [6.07, 6.45) is 0.877. The average molecular weight is 543 g/mol. The Bertz CT molecular complexity index is 1520. The van der Waals surface area contributed by atoms with Crippen molar-refractivity contribution < 1.29 is 19.4 Å².